The summed E-state index contributed by atoms with van der Waals surface area (Å²) >= 11 is 12.3. The van der Waals surface area contributed by atoms with Crippen molar-refractivity contribution in [3.05, 3.63) is 63.9 Å². The first-order valence-corrected chi connectivity index (χ1v) is 6.74. The van der Waals surface area contributed by atoms with Gasteiger partial charge in [0.2, 0.25) is 5.28 Å². The van der Waals surface area contributed by atoms with Crippen LogP contribution in [0.15, 0.2) is 42.5 Å². The summed E-state index contributed by atoms with van der Waals surface area (Å²) < 4.78 is 1.89. The summed E-state index contributed by atoms with van der Waals surface area (Å²) in [7, 11) is 0. The molecule has 0 unspecified atom stereocenters. The van der Waals surface area contributed by atoms with Gasteiger partial charge in [0.15, 0.2) is 0 Å². The molecule has 0 aliphatic carbocycles. The molecule has 0 aliphatic heterocycles. The number of halogens is 2. The SMILES string of the molecule is N#Cc1ccc(Cn2c(Cl)nc3c(Cl)cccc32)cc1. The van der Waals surface area contributed by atoms with Gasteiger partial charge in [-0.15, -0.1) is 0 Å². The molecule has 0 radical (unpaired) electrons. The number of hydrogen-bond donors (Lipinski definition) is 0. The molecule has 0 amide bonds. The van der Waals surface area contributed by atoms with Crippen LogP contribution in [-0.4, -0.2) is 9.55 Å². The number of para-hydroxylation sites is 1. The minimum atomic E-state index is 0.400. The number of fused-ring (bicyclic) bond motifs is 1. The Labute approximate surface area is 126 Å². The van der Waals surface area contributed by atoms with Crippen molar-refractivity contribution in [1.29, 1.82) is 5.26 Å². The summed E-state index contributed by atoms with van der Waals surface area (Å²) in [5.74, 6) is 0. The lowest BCUT2D eigenvalue weighted by Crippen LogP contribution is -1.99. The summed E-state index contributed by atoms with van der Waals surface area (Å²) in [5.41, 5.74) is 3.28. The lowest BCUT2D eigenvalue weighted by Gasteiger charge is -2.06. The van der Waals surface area contributed by atoms with E-state index in [1.807, 2.05) is 28.8 Å². The van der Waals surface area contributed by atoms with Crippen molar-refractivity contribution in [2.24, 2.45) is 0 Å². The molecule has 0 N–H and O–H groups in total. The van der Waals surface area contributed by atoms with Crippen molar-refractivity contribution >= 4 is 34.2 Å². The molecule has 2 aromatic carbocycles. The van der Waals surface area contributed by atoms with Crippen molar-refractivity contribution in [1.82, 2.24) is 9.55 Å². The van der Waals surface area contributed by atoms with Crippen LogP contribution in [0.2, 0.25) is 10.3 Å². The highest BCUT2D eigenvalue weighted by Crippen LogP contribution is 2.26. The fourth-order valence-corrected chi connectivity index (χ4v) is 2.55. The standard InChI is InChI=1S/C15H9Cl2N3/c16-12-2-1-3-13-14(12)19-15(17)20(13)9-11-6-4-10(8-18)5-7-11/h1-7H,9H2. The highest BCUT2D eigenvalue weighted by Gasteiger charge is 2.11. The van der Waals surface area contributed by atoms with Crippen LogP contribution in [0.4, 0.5) is 0 Å². The van der Waals surface area contributed by atoms with E-state index in [0.717, 1.165) is 11.1 Å². The van der Waals surface area contributed by atoms with Crippen molar-refractivity contribution in [3.63, 3.8) is 0 Å². The van der Waals surface area contributed by atoms with Gasteiger partial charge in [-0.25, -0.2) is 4.98 Å². The number of rotatable bonds is 2. The average molecular weight is 302 g/mol. The first kappa shape index (κ1) is 13.0. The van der Waals surface area contributed by atoms with Gasteiger partial charge in [0.05, 0.1) is 28.7 Å². The predicted octanol–water partition coefficient (Wildman–Crippen LogP) is 4.26. The van der Waals surface area contributed by atoms with Gasteiger partial charge in [-0.05, 0) is 41.4 Å². The largest absolute Gasteiger partial charge is 0.310 e. The van der Waals surface area contributed by atoms with E-state index in [-0.39, 0.29) is 0 Å². The van der Waals surface area contributed by atoms with Crippen molar-refractivity contribution in [2.45, 2.75) is 6.54 Å². The third-order valence-corrected chi connectivity index (χ3v) is 3.70. The van der Waals surface area contributed by atoms with Gasteiger partial charge in [0.25, 0.3) is 0 Å². The quantitative estimate of drug-likeness (QED) is 0.709. The first-order valence-electron chi connectivity index (χ1n) is 5.98. The molecule has 3 aromatic rings. The van der Waals surface area contributed by atoms with Crippen LogP contribution in [-0.2, 0) is 6.54 Å². The van der Waals surface area contributed by atoms with Crippen LogP contribution in [0.25, 0.3) is 11.0 Å². The zero-order chi connectivity index (χ0) is 14.1. The van der Waals surface area contributed by atoms with Crippen LogP contribution in [0.5, 0.6) is 0 Å². The molecule has 98 valence electrons. The summed E-state index contributed by atoms with van der Waals surface area (Å²) in [4.78, 5) is 4.29. The van der Waals surface area contributed by atoms with Crippen LogP contribution < -0.4 is 0 Å². The molecule has 0 bridgehead atoms. The molecule has 0 atom stereocenters. The number of aromatic nitrogens is 2. The fraction of sp³-hybridized carbons (Fsp3) is 0.0667. The number of imidazole rings is 1. The Bertz CT molecular complexity index is 813. The van der Waals surface area contributed by atoms with Crippen molar-refractivity contribution < 1.29 is 0 Å². The van der Waals surface area contributed by atoms with E-state index in [0.29, 0.717) is 27.9 Å². The molecule has 1 heterocycles. The van der Waals surface area contributed by atoms with E-state index in [9.17, 15) is 0 Å². The number of nitrogens with zero attached hydrogens (tertiary/aromatic N) is 3. The van der Waals surface area contributed by atoms with Crippen molar-refractivity contribution in [2.75, 3.05) is 0 Å². The lowest BCUT2D eigenvalue weighted by molar-refractivity contribution is 0.825. The van der Waals surface area contributed by atoms with E-state index in [2.05, 4.69) is 11.1 Å². The monoisotopic (exact) mass is 301 g/mol. The molecule has 3 nitrogen and oxygen atoms in total. The Hall–Kier alpha value is -2.02. The lowest BCUT2D eigenvalue weighted by atomic mass is 10.1. The molecule has 0 fully saturated rings. The van der Waals surface area contributed by atoms with Gasteiger partial charge in [0.1, 0.15) is 5.52 Å². The topological polar surface area (TPSA) is 41.6 Å². The molecule has 0 saturated heterocycles. The third kappa shape index (κ3) is 2.24. The normalized spacial score (nSPS) is 10.7. The van der Waals surface area contributed by atoms with Gasteiger partial charge in [-0.1, -0.05) is 29.8 Å². The maximum absolute atomic E-state index is 8.80. The second-order valence-corrected chi connectivity index (χ2v) is 5.13. The number of nitriles is 1. The molecule has 1 aromatic heterocycles. The molecule has 0 aliphatic rings. The van der Waals surface area contributed by atoms with Crippen molar-refractivity contribution in [3.8, 4) is 6.07 Å². The van der Waals surface area contributed by atoms with E-state index in [1.54, 1.807) is 18.2 Å². The highest BCUT2D eigenvalue weighted by molar-refractivity contribution is 6.35. The molecule has 5 heteroatoms. The predicted molar refractivity (Wildman–Crippen MR) is 80.0 cm³/mol. The van der Waals surface area contributed by atoms with Crippen LogP contribution in [0.1, 0.15) is 11.1 Å². The van der Waals surface area contributed by atoms with E-state index in [1.165, 1.54) is 0 Å². The third-order valence-electron chi connectivity index (χ3n) is 3.11. The Balaban J connectivity index is 2.04. The zero-order valence-corrected chi connectivity index (χ0v) is 11.9. The molecule has 0 saturated carbocycles. The number of benzene rings is 2. The Kier molecular flexibility index (Phi) is 3.35. The summed E-state index contributed by atoms with van der Waals surface area (Å²) in [6.45, 7) is 0.585. The highest BCUT2D eigenvalue weighted by atomic mass is 35.5. The fourth-order valence-electron chi connectivity index (χ4n) is 2.10. The summed E-state index contributed by atoms with van der Waals surface area (Å²) in [6.07, 6.45) is 0. The van der Waals surface area contributed by atoms with Crippen LogP contribution >= 0.6 is 23.2 Å². The zero-order valence-electron chi connectivity index (χ0n) is 10.3. The minimum absolute atomic E-state index is 0.400. The molecule has 0 spiro atoms. The summed E-state index contributed by atoms with van der Waals surface area (Å²) in [5, 5.41) is 9.79. The van der Waals surface area contributed by atoms with Gasteiger partial charge in [0, 0.05) is 0 Å². The van der Waals surface area contributed by atoms with Crippen LogP contribution in [0, 0.1) is 11.3 Å². The summed E-state index contributed by atoms with van der Waals surface area (Å²) in [6, 6.07) is 15.1. The second kappa shape index (κ2) is 5.16. The minimum Gasteiger partial charge on any atom is -0.310 e. The Morgan fingerprint density at radius 3 is 2.55 bits per heavy atom. The molecule has 3 rings (SSSR count). The maximum atomic E-state index is 8.80. The smallest absolute Gasteiger partial charge is 0.204 e. The van der Waals surface area contributed by atoms with Gasteiger partial charge in [-0.3, -0.25) is 0 Å². The van der Waals surface area contributed by atoms with Crippen LogP contribution in [0.3, 0.4) is 0 Å². The van der Waals surface area contributed by atoms with E-state index in [4.69, 9.17) is 28.5 Å². The van der Waals surface area contributed by atoms with Gasteiger partial charge in [-0.2, -0.15) is 5.26 Å². The van der Waals surface area contributed by atoms with Gasteiger partial charge >= 0.3 is 0 Å². The second-order valence-electron chi connectivity index (χ2n) is 4.38. The number of hydrogen-bond acceptors (Lipinski definition) is 2. The average Bonchev–Trinajstić information content (AvgIpc) is 2.78. The molecule has 20 heavy (non-hydrogen) atoms. The molecular formula is C15H9Cl2N3. The van der Waals surface area contributed by atoms with E-state index < -0.39 is 0 Å². The molecular weight excluding hydrogens is 293 g/mol. The Morgan fingerprint density at radius 2 is 1.85 bits per heavy atom. The maximum Gasteiger partial charge on any atom is 0.204 e. The van der Waals surface area contributed by atoms with E-state index >= 15 is 0 Å². The first-order chi connectivity index (χ1) is 9.69. The Morgan fingerprint density at radius 1 is 1.10 bits per heavy atom. The van der Waals surface area contributed by atoms with Gasteiger partial charge < -0.3 is 4.57 Å².